The van der Waals surface area contributed by atoms with Crippen molar-refractivity contribution in [2.45, 2.75) is 47.2 Å². The zero-order valence-electron chi connectivity index (χ0n) is 61.6. The number of nitrogens with zero attached hydrogens (tertiary/aromatic N) is 8. The molecule has 4 N–H and O–H groups in total. The number of terminal acetylenes is 1. The molecule has 2 aliphatic heterocycles. The number of fused-ring (bicyclic) bond motifs is 2. The summed E-state index contributed by atoms with van der Waals surface area (Å²) in [5.74, 6) is 9.06. The van der Waals surface area contributed by atoms with E-state index < -0.39 is 39.7 Å². The van der Waals surface area contributed by atoms with Crippen molar-refractivity contribution in [1.29, 1.82) is 0 Å². The first-order valence-corrected chi connectivity index (χ1v) is 43.1. The van der Waals surface area contributed by atoms with Crippen LogP contribution in [0.4, 0.5) is 11.4 Å². The third-order valence-electron chi connectivity index (χ3n) is 17.1. The smallest absolute Gasteiger partial charge is 0.0134 e. The summed E-state index contributed by atoms with van der Waals surface area (Å²) in [5.41, 5.74) is 5.62. The molecule has 0 saturated carbocycles. The molecule has 0 bridgehead atoms. The number of halogens is 3. The Balaban J connectivity index is 0.000000190. The van der Waals surface area contributed by atoms with Gasteiger partial charge in [-0.05, 0) is 119 Å². The minimum absolute atomic E-state index is 0. The fourth-order valence-corrected chi connectivity index (χ4v) is 16.6. The second-order valence-electron chi connectivity index (χ2n) is 24.9. The number of aromatic nitrogens is 8. The second-order valence-corrected chi connectivity index (χ2v) is 32.6. The number of ether oxygens (including phenoxy) is 2. The van der Waals surface area contributed by atoms with Crippen molar-refractivity contribution in [3.8, 4) is 35.7 Å². The van der Waals surface area contributed by atoms with Crippen LogP contribution >= 0.6 is 50.8 Å². The van der Waals surface area contributed by atoms with Crippen LogP contribution < -0.4 is 61.7 Å². The Kier molecular flexibility index (Phi) is 36.9. The molecule has 0 unspecified atom stereocenters. The number of benzene rings is 10. The van der Waals surface area contributed by atoms with Crippen molar-refractivity contribution in [1.82, 2.24) is 51.0 Å². The van der Waals surface area contributed by atoms with Crippen LogP contribution in [-0.4, -0.2) is 103 Å². The van der Waals surface area contributed by atoms with Gasteiger partial charge in [-0.3, -0.25) is 39.3 Å². The number of hydrogen-bond acceptors (Lipinski definition) is 12. The Labute approximate surface area is 711 Å². The van der Waals surface area contributed by atoms with Crippen LogP contribution in [0.3, 0.4) is 0 Å². The first-order chi connectivity index (χ1) is 55.8. The van der Waals surface area contributed by atoms with Crippen LogP contribution in [0.5, 0.6) is 11.5 Å². The number of carbonyl (C=O) groups is 4. The van der Waals surface area contributed by atoms with Gasteiger partial charge in [0.05, 0.1) is 11.4 Å². The molecule has 2 aliphatic rings. The fourth-order valence-electron chi connectivity index (χ4n) is 11.6. The van der Waals surface area contributed by atoms with Crippen molar-refractivity contribution in [3.63, 3.8) is 0 Å². The Bertz CT molecular complexity index is 5180. The van der Waals surface area contributed by atoms with Gasteiger partial charge in [-0.2, -0.15) is 0 Å². The third kappa shape index (κ3) is 26.8. The molecular formula is C93H87BrCl2N12O6P2Pd. The van der Waals surface area contributed by atoms with Gasteiger partial charge in [0.2, 0.25) is 11.6 Å². The zero-order chi connectivity index (χ0) is 79.6. The van der Waals surface area contributed by atoms with E-state index in [9.17, 15) is 19.2 Å². The van der Waals surface area contributed by atoms with Gasteiger partial charge in [0.1, 0.15) is 48.4 Å². The van der Waals surface area contributed by atoms with Gasteiger partial charge < -0.3 is 29.9 Å². The Morgan fingerprint density at radius 3 is 1.13 bits per heavy atom. The van der Waals surface area contributed by atoms with Crippen LogP contribution in [0.1, 0.15) is 83.0 Å². The number of pyridine rings is 2. The quantitative estimate of drug-likeness (QED) is 0.0453. The molecule has 10 aromatic carbocycles. The Morgan fingerprint density at radius 2 is 0.795 bits per heavy atom. The SMILES string of the molecule is C.C.C.C#Cc1cccnc1.CN1C(=O)[C@@H](NC(=O)c2n[nH]c(Cc3ccccc3)n2)COc2ccc(Br)cc21.CN1C(=O)[C@@H](NC(=O)c2n[nH]c(Cc3ccccc3)n2)COc2ccc(C#Cc3cccnc3)cc21.[Cl][Pd][Cl].c1ccc(P(c2ccccc2)c2ccccc2)cc1.c1ccc(P(c2ccccc2)c2ccccc2)cc1. The molecule has 0 saturated heterocycles. The Morgan fingerprint density at radius 1 is 0.470 bits per heavy atom. The second kappa shape index (κ2) is 47.7. The number of H-pyrrole nitrogens is 2. The summed E-state index contributed by atoms with van der Waals surface area (Å²) >= 11 is 3.29. The molecule has 24 heteroatoms. The van der Waals surface area contributed by atoms with E-state index in [1.165, 1.54) is 41.6 Å². The van der Waals surface area contributed by atoms with Gasteiger partial charge in [0.25, 0.3) is 23.6 Å². The molecule has 596 valence electrons. The van der Waals surface area contributed by atoms with E-state index in [1.807, 2.05) is 97.1 Å². The van der Waals surface area contributed by atoms with Gasteiger partial charge in [0.15, 0.2) is 0 Å². The van der Waals surface area contributed by atoms with Gasteiger partial charge in [-0.15, -0.1) is 16.6 Å². The largest absolute Gasteiger partial charge is 0.0622 e. The molecule has 117 heavy (non-hydrogen) atoms. The summed E-state index contributed by atoms with van der Waals surface area (Å²) in [4.78, 5) is 70.6. The zero-order valence-corrected chi connectivity index (χ0v) is 68.1. The summed E-state index contributed by atoms with van der Waals surface area (Å²) in [6.45, 7) is -0.00520. The number of likely N-dealkylation sites (N-methyl/N-ethyl adjacent to an activating group) is 2. The molecule has 14 aromatic rings. The summed E-state index contributed by atoms with van der Waals surface area (Å²) in [6, 6.07) is 100. The number of aromatic amines is 2. The minimum atomic E-state index is -0.907. The van der Waals surface area contributed by atoms with Crippen LogP contribution in [0.15, 0.2) is 333 Å². The molecule has 2 atom stereocenters. The first kappa shape index (κ1) is 90.5. The van der Waals surface area contributed by atoms with Gasteiger partial charge in [0, 0.05) is 72.9 Å². The van der Waals surface area contributed by atoms with Gasteiger partial charge >= 0.3 is 35.0 Å². The van der Waals surface area contributed by atoms with Crippen LogP contribution in [0, 0.1) is 24.2 Å². The normalized spacial score (nSPS) is 12.6. The average Bonchev–Trinajstić information content (AvgIpc) is 1.74. The van der Waals surface area contributed by atoms with E-state index in [0.29, 0.717) is 47.4 Å². The molecular weight excluding hydrogens is 1700 g/mol. The summed E-state index contributed by atoms with van der Waals surface area (Å²) < 4.78 is 12.4. The number of carbonyl (C=O) groups excluding carboxylic acids is 4. The topological polar surface area (TPSA) is 226 Å². The first-order valence-electron chi connectivity index (χ1n) is 35.6. The van der Waals surface area contributed by atoms with Crippen LogP contribution in [0.2, 0.25) is 0 Å². The number of anilines is 2. The van der Waals surface area contributed by atoms with E-state index in [0.717, 1.165) is 32.3 Å². The van der Waals surface area contributed by atoms with Crippen LogP contribution in [-0.2, 0) is 38.4 Å². The van der Waals surface area contributed by atoms with Crippen molar-refractivity contribution in [2.24, 2.45) is 0 Å². The monoisotopic (exact) mass is 1780 g/mol. The maximum atomic E-state index is 13.2. The van der Waals surface area contributed by atoms with E-state index in [-0.39, 0.29) is 74.9 Å². The molecule has 0 spiro atoms. The van der Waals surface area contributed by atoms with E-state index in [4.69, 9.17) is 35.0 Å². The molecule has 16 rings (SSSR count). The van der Waals surface area contributed by atoms with Crippen LogP contribution in [0.25, 0.3) is 0 Å². The molecule has 0 aliphatic carbocycles. The van der Waals surface area contributed by atoms with E-state index >= 15 is 0 Å². The summed E-state index contributed by atoms with van der Waals surface area (Å²) in [7, 11) is 12.0. The number of amides is 4. The van der Waals surface area contributed by atoms with E-state index in [2.05, 4.69) is 267 Å². The Hall–Kier alpha value is -12.0. The van der Waals surface area contributed by atoms with Crippen molar-refractivity contribution < 1.29 is 44.6 Å². The molecule has 6 heterocycles. The number of rotatable bonds is 14. The molecule has 4 amide bonds. The summed E-state index contributed by atoms with van der Waals surface area (Å²) in [5, 5.41) is 27.3. The third-order valence-corrected chi connectivity index (χ3v) is 22.5. The summed E-state index contributed by atoms with van der Waals surface area (Å²) in [6.07, 6.45) is 12.8. The van der Waals surface area contributed by atoms with E-state index in [1.54, 1.807) is 63.1 Å². The predicted molar refractivity (Wildman–Crippen MR) is 477 cm³/mol. The van der Waals surface area contributed by atoms with Gasteiger partial charge in [-0.25, -0.2) is 9.97 Å². The van der Waals surface area contributed by atoms with Crippen molar-refractivity contribution in [2.75, 3.05) is 37.1 Å². The minimum Gasteiger partial charge on any atom is -0.0622 e. The van der Waals surface area contributed by atoms with Crippen molar-refractivity contribution >= 4 is 118 Å². The van der Waals surface area contributed by atoms with Gasteiger partial charge in [-0.1, -0.05) is 299 Å². The average molecular weight is 1790 g/mol. The standard InChI is InChI=1S/C27H22N6O3.C20H18BrN5O3.2C18H15P.C7H5N.3CH4.2ClH.Pd/c1-33-22-14-19(9-10-20-8-5-13-28-16-20)11-12-23(22)36-17-21(27(33)35)29-26(34)25-30-24(31-32-25)15-18-6-3-2-4-7-18;1-26-15-10-13(21)7-8-16(15)29-11-14(20(26)28)22-19(27)18-23-17(24-25-18)9-12-5-3-2-4-6-12;2*1-4-10-16(11-5-1)19(17-12-6-2-7-13-17)18-14-8-3-9-15-18;1-2-7-4-3-5-8-6-7;;;;;;/h2-8,11-14,16,21H,15,17H2,1H3,(H,29,34)(H,30,31,32);2-8,10,14H,9,11H2,1H3,(H,22,27)(H,23,24,25);2*1-15H;1,3-6H;3*1H4;2*1H;/q;;;;;;;;;;+2/p-2/t21-;14-;;;;;;;;;/m00........./s1. The predicted octanol–water partition coefficient (Wildman–Crippen LogP) is 15.9. The number of hydrogen-bond donors (Lipinski definition) is 4. The fraction of sp³-hybridized carbons (Fsp3) is 0.118. The number of nitrogens with one attached hydrogen (secondary N) is 4. The maximum Gasteiger partial charge on any atom is -0.0134 e. The molecule has 4 aromatic heterocycles. The molecule has 18 nitrogen and oxygen atoms in total. The van der Waals surface area contributed by atoms with Crippen molar-refractivity contribution in [3.05, 3.63) is 384 Å². The maximum absolute atomic E-state index is 13.2. The molecule has 0 fully saturated rings. The molecule has 0 radical (unpaired) electrons.